The van der Waals surface area contributed by atoms with Gasteiger partial charge in [-0.2, -0.15) is 0 Å². The van der Waals surface area contributed by atoms with Gasteiger partial charge in [-0.1, -0.05) is 56.0 Å². The van der Waals surface area contributed by atoms with Crippen molar-refractivity contribution in [3.63, 3.8) is 0 Å². The first-order valence-electron chi connectivity index (χ1n) is 12.9. The summed E-state index contributed by atoms with van der Waals surface area (Å²) in [5.74, 6) is 1.19. The summed E-state index contributed by atoms with van der Waals surface area (Å²) in [6.45, 7) is 3.72. The van der Waals surface area contributed by atoms with Crippen molar-refractivity contribution in [2.24, 2.45) is 5.92 Å². The fraction of sp³-hybridized carbons (Fsp3) is 0.741. The quantitative estimate of drug-likeness (QED) is 0.606. The van der Waals surface area contributed by atoms with Crippen LogP contribution in [0.4, 0.5) is 0 Å². The maximum Gasteiger partial charge on any atom is 0.222 e. The molecule has 4 heteroatoms. The third-order valence-corrected chi connectivity index (χ3v) is 8.43. The summed E-state index contributed by atoms with van der Waals surface area (Å²) in [6, 6.07) is 12.3. The Morgan fingerprint density at radius 3 is 2.45 bits per heavy atom. The minimum atomic E-state index is -0.00498. The second-order valence-corrected chi connectivity index (χ2v) is 10.6. The lowest BCUT2D eigenvalue weighted by Crippen LogP contribution is -2.54. The van der Waals surface area contributed by atoms with E-state index in [4.69, 9.17) is 4.74 Å². The molecule has 170 valence electrons. The molecule has 0 bridgehead atoms. The highest BCUT2D eigenvalue weighted by Gasteiger charge is 2.44. The highest BCUT2D eigenvalue weighted by molar-refractivity contribution is 5.76. The smallest absolute Gasteiger partial charge is 0.222 e. The molecule has 1 aromatic carbocycles. The van der Waals surface area contributed by atoms with Gasteiger partial charge in [-0.15, -0.1) is 0 Å². The number of piperidine rings is 1. The Morgan fingerprint density at radius 1 is 1.00 bits per heavy atom. The van der Waals surface area contributed by atoms with Crippen LogP contribution in [0.1, 0.15) is 82.6 Å². The van der Waals surface area contributed by atoms with E-state index >= 15 is 0 Å². The van der Waals surface area contributed by atoms with E-state index in [0.717, 1.165) is 76.7 Å². The Kier molecular flexibility index (Phi) is 6.66. The number of rotatable bonds is 7. The van der Waals surface area contributed by atoms with Crippen LogP contribution in [0.5, 0.6) is 0 Å². The minimum absolute atomic E-state index is 0.00498. The van der Waals surface area contributed by atoms with Crippen LogP contribution < -0.4 is 0 Å². The maximum atomic E-state index is 12.8. The first-order chi connectivity index (χ1) is 15.2. The van der Waals surface area contributed by atoms with E-state index < -0.39 is 0 Å². The number of carbonyl (C=O) groups is 1. The molecule has 4 fully saturated rings. The number of carbonyl (C=O) groups excluding carboxylic acids is 1. The van der Waals surface area contributed by atoms with Gasteiger partial charge in [0.15, 0.2) is 0 Å². The second kappa shape index (κ2) is 9.62. The molecule has 5 rings (SSSR count). The highest BCUT2D eigenvalue weighted by atomic mass is 16.5. The molecule has 0 radical (unpaired) electrons. The van der Waals surface area contributed by atoms with Gasteiger partial charge in [0.1, 0.15) is 0 Å². The Morgan fingerprint density at radius 2 is 1.74 bits per heavy atom. The molecule has 2 saturated heterocycles. The van der Waals surface area contributed by atoms with E-state index in [9.17, 15) is 4.79 Å². The normalized spacial score (nSPS) is 26.6. The predicted molar refractivity (Wildman–Crippen MR) is 124 cm³/mol. The molecule has 1 aromatic rings. The molecule has 31 heavy (non-hydrogen) atoms. The van der Waals surface area contributed by atoms with Crippen LogP contribution in [0, 0.1) is 5.92 Å². The lowest BCUT2D eigenvalue weighted by Gasteiger charge is -2.48. The van der Waals surface area contributed by atoms with Crippen LogP contribution >= 0.6 is 0 Å². The number of hydrogen-bond donors (Lipinski definition) is 0. The number of ether oxygens (including phenoxy) is 1. The average Bonchev–Trinajstić information content (AvgIpc) is 3.51. The van der Waals surface area contributed by atoms with Crippen LogP contribution in [0.3, 0.4) is 0 Å². The summed E-state index contributed by atoms with van der Waals surface area (Å²) in [4.78, 5) is 17.7. The zero-order valence-corrected chi connectivity index (χ0v) is 19.1. The lowest BCUT2D eigenvalue weighted by molar-refractivity contribution is -0.150. The van der Waals surface area contributed by atoms with Crippen molar-refractivity contribution in [3.8, 4) is 0 Å². The summed E-state index contributed by atoms with van der Waals surface area (Å²) in [5.41, 5.74) is 1.42. The molecule has 0 N–H and O–H groups in total. The van der Waals surface area contributed by atoms with E-state index in [0.29, 0.717) is 11.9 Å². The van der Waals surface area contributed by atoms with Crippen molar-refractivity contribution >= 4 is 5.91 Å². The van der Waals surface area contributed by atoms with E-state index in [1.165, 1.54) is 44.1 Å². The number of likely N-dealkylation sites (tertiary alicyclic amines) is 1. The predicted octanol–water partition coefficient (Wildman–Crippen LogP) is 5.16. The Bertz CT molecular complexity index is 718. The zero-order valence-electron chi connectivity index (χ0n) is 19.1. The van der Waals surface area contributed by atoms with Crippen LogP contribution in [0.2, 0.25) is 0 Å². The van der Waals surface area contributed by atoms with Gasteiger partial charge in [0.05, 0.1) is 5.60 Å². The van der Waals surface area contributed by atoms with Crippen molar-refractivity contribution in [2.45, 2.75) is 101 Å². The molecule has 1 unspecified atom stereocenters. The molecule has 2 aliphatic carbocycles. The third kappa shape index (κ3) is 5.34. The molecule has 4 nitrogen and oxygen atoms in total. The minimum Gasteiger partial charge on any atom is -0.375 e. The molecule has 1 atom stereocenters. The highest BCUT2D eigenvalue weighted by Crippen LogP contribution is 2.41. The van der Waals surface area contributed by atoms with Gasteiger partial charge >= 0.3 is 0 Å². The van der Waals surface area contributed by atoms with E-state index in [2.05, 4.69) is 40.1 Å². The molecule has 0 aromatic heterocycles. The fourth-order valence-corrected chi connectivity index (χ4v) is 6.34. The van der Waals surface area contributed by atoms with Gasteiger partial charge in [0, 0.05) is 44.7 Å². The molecular weight excluding hydrogens is 384 g/mol. The van der Waals surface area contributed by atoms with Crippen LogP contribution in [0.25, 0.3) is 0 Å². The maximum absolute atomic E-state index is 12.8. The Hall–Kier alpha value is -1.39. The second-order valence-electron chi connectivity index (χ2n) is 10.6. The van der Waals surface area contributed by atoms with E-state index in [1.807, 2.05) is 0 Å². The molecule has 2 saturated carbocycles. The molecular formula is C27H40N2O2. The monoisotopic (exact) mass is 424 g/mol. The van der Waals surface area contributed by atoms with Gasteiger partial charge in [-0.25, -0.2) is 0 Å². The van der Waals surface area contributed by atoms with Crippen molar-refractivity contribution in [1.82, 2.24) is 9.80 Å². The average molecular weight is 425 g/mol. The summed E-state index contributed by atoms with van der Waals surface area (Å²) in [6.07, 6.45) is 14.3. The van der Waals surface area contributed by atoms with Gasteiger partial charge in [-0.05, 0) is 56.4 Å². The van der Waals surface area contributed by atoms with Crippen molar-refractivity contribution in [2.75, 3.05) is 19.7 Å². The standard InChI is InChI=1S/C27H40N2O2/c30-26(13-10-22-6-4-5-7-22)28-17-15-27(16-18-28)20-25(14-19-31-27)29(24-11-12-24)21-23-8-2-1-3-9-23/h1-3,8-9,22,24-25H,4-7,10-21H2. The molecule has 2 aliphatic heterocycles. The molecule has 2 heterocycles. The number of hydrogen-bond acceptors (Lipinski definition) is 3. The Labute approximate surface area is 188 Å². The van der Waals surface area contributed by atoms with Crippen LogP contribution in [-0.4, -0.2) is 53.1 Å². The van der Waals surface area contributed by atoms with Crippen molar-refractivity contribution in [1.29, 1.82) is 0 Å². The number of benzene rings is 1. The van der Waals surface area contributed by atoms with Crippen molar-refractivity contribution in [3.05, 3.63) is 35.9 Å². The molecule has 1 spiro atoms. The SMILES string of the molecule is O=C(CCC1CCCC1)N1CCC2(CC1)CC(N(Cc1ccccc1)C1CC1)CCO2. The van der Waals surface area contributed by atoms with Crippen LogP contribution in [0.15, 0.2) is 30.3 Å². The van der Waals surface area contributed by atoms with Gasteiger partial charge in [0.2, 0.25) is 5.91 Å². The topological polar surface area (TPSA) is 32.8 Å². The largest absolute Gasteiger partial charge is 0.375 e. The first-order valence-corrected chi connectivity index (χ1v) is 12.9. The molecule has 4 aliphatic rings. The number of amides is 1. The lowest BCUT2D eigenvalue weighted by atomic mass is 9.81. The Balaban J connectivity index is 1.15. The fourth-order valence-electron chi connectivity index (χ4n) is 6.34. The summed E-state index contributed by atoms with van der Waals surface area (Å²) >= 11 is 0. The first kappa shape index (κ1) is 21.5. The van der Waals surface area contributed by atoms with Gasteiger partial charge in [0.25, 0.3) is 0 Å². The molecule has 1 amide bonds. The van der Waals surface area contributed by atoms with Gasteiger partial charge < -0.3 is 9.64 Å². The van der Waals surface area contributed by atoms with Gasteiger partial charge in [-0.3, -0.25) is 9.69 Å². The number of nitrogens with zero attached hydrogens (tertiary/aromatic N) is 2. The zero-order chi connectivity index (χ0) is 21.1. The summed E-state index contributed by atoms with van der Waals surface area (Å²) < 4.78 is 6.44. The van der Waals surface area contributed by atoms with E-state index in [1.54, 1.807) is 0 Å². The third-order valence-electron chi connectivity index (χ3n) is 8.43. The van der Waals surface area contributed by atoms with Crippen LogP contribution in [-0.2, 0) is 16.1 Å². The summed E-state index contributed by atoms with van der Waals surface area (Å²) in [5, 5.41) is 0. The van der Waals surface area contributed by atoms with Crippen molar-refractivity contribution < 1.29 is 9.53 Å². The van der Waals surface area contributed by atoms with E-state index in [-0.39, 0.29) is 5.60 Å². The summed E-state index contributed by atoms with van der Waals surface area (Å²) in [7, 11) is 0.